The van der Waals surface area contributed by atoms with Gasteiger partial charge < -0.3 is 15.3 Å². The summed E-state index contributed by atoms with van der Waals surface area (Å²) in [5, 5.41) is 12.0. The van der Waals surface area contributed by atoms with E-state index < -0.39 is 11.5 Å². The average Bonchev–Trinajstić information content (AvgIpc) is 2.39. The van der Waals surface area contributed by atoms with E-state index in [1.54, 1.807) is 0 Å². The zero-order chi connectivity index (χ0) is 14.0. The van der Waals surface area contributed by atoms with Crippen LogP contribution in [-0.2, 0) is 4.79 Å². The van der Waals surface area contributed by atoms with Crippen LogP contribution in [0, 0.1) is 0 Å². The van der Waals surface area contributed by atoms with Gasteiger partial charge in [0, 0.05) is 6.54 Å². The van der Waals surface area contributed by atoms with Crippen LogP contribution in [-0.4, -0.2) is 34.1 Å². The number of carbonyl (C=O) groups excluding carboxylic acids is 1. The normalized spacial score (nSPS) is 20.0. The van der Waals surface area contributed by atoms with Gasteiger partial charge >= 0.3 is 12.0 Å². The number of hydrogen-bond donors (Lipinski definition) is 2. The van der Waals surface area contributed by atoms with Gasteiger partial charge in [-0.15, -0.1) is 0 Å². The lowest BCUT2D eigenvalue weighted by Gasteiger charge is -2.40. The lowest BCUT2D eigenvalue weighted by Crippen LogP contribution is -2.59. The molecule has 2 amide bonds. The fourth-order valence-corrected chi connectivity index (χ4v) is 2.24. The zero-order valence-corrected chi connectivity index (χ0v) is 11.1. The molecule has 1 aromatic rings. The Bertz CT molecular complexity index is 485. The molecule has 1 heterocycles. The first-order valence-electron chi connectivity index (χ1n) is 6.29. The Hall–Kier alpha value is -2.04. The highest BCUT2D eigenvalue weighted by Crippen LogP contribution is 2.25. The van der Waals surface area contributed by atoms with Crippen LogP contribution in [0.1, 0.15) is 31.9 Å². The summed E-state index contributed by atoms with van der Waals surface area (Å²) in [6, 6.07) is 9.33. The number of nitrogens with one attached hydrogen (secondary N) is 1. The molecular formula is C14H18N2O3. The molecule has 1 aliphatic rings. The molecule has 0 radical (unpaired) electrons. The van der Waals surface area contributed by atoms with Crippen LogP contribution >= 0.6 is 0 Å². The summed E-state index contributed by atoms with van der Waals surface area (Å²) in [6.45, 7) is 3.51. The van der Waals surface area contributed by atoms with Gasteiger partial charge in [0.15, 0.2) is 0 Å². The molecule has 1 aromatic carbocycles. The van der Waals surface area contributed by atoms with E-state index in [0.29, 0.717) is 13.0 Å². The Balaban J connectivity index is 2.11. The van der Waals surface area contributed by atoms with E-state index in [4.69, 9.17) is 0 Å². The summed E-state index contributed by atoms with van der Waals surface area (Å²) < 4.78 is 0. The number of carboxylic acids is 1. The minimum absolute atomic E-state index is 0.0467. The molecule has 2 rings (SSSR count). The predicted octanol–water partition coefficient (Wildman–Crippen LogP) is 2.01. The van der Waals surface area contributed by atoms with E-state index in [1.807, 2.05) is 30.3 Å². The molecule has 5 heteroatoms. The highest BCUT2D eigenvalue weighted by molar-refractivity contribution is 5.86. The highest BCUT2D eigenvalue weighted by atomic mass is 16.4. The minimum atomic E-state index is -1.19. The van der Waals surface area contributed by atoms with Crippen molar-refractivity contribution in [2.45, 2.75) is 31.8 Å². The lowest BCUT2D eigenvalue weighted by atomic mass is 9.97. The number of urea groups is 1. The van der Waals surface area contributed by atoms with E-state index in [-0.39, 0.29) is 12.1 Å². The summed E-state index contributed by atoms with van der Waals surface area (Å²) in [6.07, 6.45) is 0.701. The first-order chi connectivity index (χ1) is 8.93. The topological polar surface area (TPSA) is 69.6 Å². The number of hydrogen-bond acceptors (Lipinski definition) is 2. The van der Waals surface area contributed by atoms with E-state index in [2.05, 4.69) is 5.32 Å². The van der Waals surface area contributed by atoms with Crippen molar-refractivity contribution in [1.29, 1.82) is 0 Å². The maximum atomic E-state index is 12.1. The lowest BCUT2D eigenvalue weighted by molar-refractivity contribution is -0.148. The van der Waals surface area contributed by atoms with Gasteiger partial charge in [-0.25, -0.2) is 9.59 Å². The first kappa shape index (κ1) is 13.4. The third-order valence-corrected chi connectivity index (χ3v) is 3.58. The second-order valence-electron chi connectivity index (χ2n) is 5.22. The van der Waals surface area contributed by atoms with Gasteiger partial charge in [0.1, 0.15) is 5.54 Å². The molecule has 1 saturated heterocycles. The summed E-state index contributed by atoms with van der Waals surface area (Å²) in [4.78, 5) is 24.6. The quantitative estimate of drug-likeness (QED) is 0.875. The predicted molar refractivity (Wildman–Crippen MR) is 70.8 cm³/mol. The number of carboxylic acid groups (broad SMARTS) is 1. The van der Waals surface area contributed by atoms with E-state index in [1.165, 1.54) is 18.7 Å². The van der Waals surface area contributed by atoms with Gasteiger partial charge in [-0.3, -0.25) is 0 Å². The zero-order valence-electron chi connectivity index (χ0n) is 11.1. The van der Waals surface area contributed by atoms with E-state index in [9.17, 15) is 14.7 Å². The van der Waals surface area contributed by atoms with Crippen molar-refractivity contribution in [3.8, 4) is 0 Å². The maximum absolute atomic E-state index is 12.1. The van der Waals surface area contributed by atoms with Crippen LogP contribution < -0.4 is 5.32 Å². The summed E-state index contributed by atoms with van der Waals surface area (Å²) in [5.74, 6) is -0.999. The van der Waals surface area contributed by atoms with Gasteiger partial charge in [-0.1, -0.05) is 30.3 Å². The molecule has 1 aliphatic heterocycles. The van der Waals surface area contributed by atoms with Crippen LogP contribution in [0.3, 0.4) is 0 Å². The second kappa shape index (κ2) is 4.91. The van der Waals surface area contributed by atoms with Crippen molar-refractivity contribution in [1.82, 2.24) is 10.2 Å². The van der Waals surface area contributed by atoms with Crippen molar-refractivity contribution in [2.75, 3.05) is 6.54 Å². The number of nitrogens with zero attached hydrogens (tertiary/aromatic N) is 1. The highest BCUT2D eigenvalue weighted by Gasteiger charge is 2.40. The van der Waals surface area contributed by atoms with Crippen molar-refractivity contribution >= 4 is 12.0 Å². The SMILES string of the molecule is CC(C)(C(=O)O)N1CCC(c2ccccc2)NC1=O. The third-order valence-electron chi connectivity index (χ3n) is 3.58. The van der Waals surface area contributed by atoms with Gasteiger partial charge in [0.25, 0.3) is 0 Å². The fourth-order valence-electron chi connectivity index (χ4n) is 2.24. The molecule has 0 aliphatic carbocycles. The van der Waals surface area contributed by atoms with Crippen molar-refractivity contribution in [2.24, 2.45) is 0 Å². The van der Waals surface area contributed by atoms with Gasteiger partial charge in [-0.2, -0.15) is 0 Å². The monoisotopic (exact) mass is 262 g/mol. The Morgan fingerprint density at radius 2 is 2.00 bits per heavy atom. The summed E-state index contributed by atoms with van der Waals surface area (Å²) >= 11 is 0. The number of aliphatic carboxylic acids is 1. The van der Waals surface area contributed by atoms with Crippen LogP contribution in [0.5, 0.6) is 0 Å². The van der Waals surface area contributed by atoms with E-state index in [0.717, 1.165) is 5.56 Å². The first-order valence-corrected chi connectivity index (χ1v) is 6.29. The van der Waals surface area contributed by atoms with Crippen LogP contribution in [0.25, 0.3) is 0 Å². The summed E-state index contributed by atoms with van der Waals surface area (Å²) in [7, 11) is 0. The van der Waals surface area contributed by atoms with Crippen LogP contribution in [0.15, 0.2) is 30.3 Å². The second-order valence-corrected chi connectivity index (χ2v) is 5.22. The largest absolute Gasteiger partial charge is 0.480 e. The third kappa shape index (κ3) is 2.54. The van der Waals surface area contributed by atoms with E-state index >= 15 is 0 Å². The van der Waals surface area contributed by atoms with Crippen molar-refractivity contribution in [3.05, 3.63) is 35.9 Å². The summed E-state index contributed by atoms with van der Waals surface area (Å²) in [5.41, 5.74) is -0.144. The minimum Gasteiger partial charge on any atom is -0.480 e. The molecule has 0 saturated carbocycles. The number of amides is 2. The maximum Gasteiger partial charge on any atom is 0.329 e. The molecule has 0 spiro atoms. The Morgan fingerprint density at radius 3 is 2.53 bits per heavy atom. The molecule has 102 valence electrons. The number of benzene rings is 1. The van der Waals surface area contributed by atoms with Crippen molar-refractivity contribution < 1.29 is 14.7 Å². The molecule has 19 heavy (non-hydrogen) atoms. The van der Waals surface area contributed by atoms with Crippen LogP contribution in [0.4, 0.5) is 4.79 Å². The molecule has 2 N–H and O–H groups in total. The fraction of sp³-hybridized carbons (Fsp3) is 0.429. The van der Waals surface area contributed by atoms with Crippen LogP contribution in [0.2, 0.25) is 0 Å². The number of rotatable bonds is 3. The molecule has 0 aromatic heterocycles. The number of carbonyl (C=O) groups is 2. The van der Waals surface area contributed by atoms with Gasteiger partial charge in [0.2, 0.25) is 0 Å². The van der Waals surface area contributed by atoms with Gasteiger partial charge in [0.05, 0.1) is 6.04 Å². The molecule has 1 atom stereocenters. The Labute approximate surface area is 112 Å². The molecule has 5 nitrogen and oxygen atoms in total. The Kier molecular flexibility index (Phi) is 3.46. The Morgan fingerprint density at radius 1 is 1.37 bits per heavy atom. The molecule has 1 fully saturated rings. The average molecular weight is 262 g/mol. The van der Waals surface area contributed by atoms with Crippen molar-refractivity contribution in [3.63, 3.8) is 0 Å². The molecule has 0 bridgehead atoms. The molecular weight excluding hydrogens is 244 g/mol. The standard InChI is InChI=1S/C14H18N2O3/c1-14(2,12(17)18)16-9-8-11(15-13(16)19)10-6-4-3-5-7-10/h3-7,11H,8-9H2,1-2H3,(H,15,19)(H,17,18). The molecule has 1 unspecified atom stereocenters. The van der Waals surface area contributed by atoms with Gasteiger partial charge in [-0.05, 0) is 25.8 Å². The smallest absolute Gasteiger partial charge is 0.329 e.